The van der Waals surface area contributed by atoms with E-state index in [0.717, 1.165) is 5.56 Å². The van der Waals surface area contributed by atoms with Gasteiger partial charge in [-0.1, -0.05) is 59.6 Å². The Kier molecular flexibility index (Phi) is 9.17. The molecule has 2 heterocycles. The van der Waals surface area contributed by atoms with Gasteiger partial charge in [0.25, 0.3) is 0 Å². The molecule has 1 fully saturated rings. The number of carboxylic acids is 2. The molecule has 0 bridgehead atoms. The van der Waals surface area contributed by atoms with Crippen molar-refractivity contribution in [3.63, 3.8) is 0 Å². The van der Waals surface area contributed by atoms with E-state index in [0.29, 0.717) is 32.6 Å². The number of nitrogens with one attached hydrogen (secondary N) is 1. The van der Waals surface area contributed by atoms with Gasteiger partial charge in [-0.3, -0.25) is 9.59 Å². The summed E-state index contributed by atoms with van der Waals surface area (Å²) in [7, 11) is 0. The number of amides is 2. The molecule has 210 valence electrons. The van der Waals surface area contributed by atoms with Crippen molar-refractivity contribution in [1.82, 2.24) is 15.1 Å². The van der Waals surface area contributed by atoms with Gasteiger partial charge in [-0.2, -0.15) is 0 Å². The van der Waals surface area contributed by atoms with E-state index in [1.807, 2.05) is 30.3 Å². The van der Waals surface area contributed by atoms with Crippen LogP contribution in [0.25, 0.3) is 0 Å². The molecule has 3 N–H and O–H groups in total. The largest absolute Gasteiger partial charge is 0.478 e. The average Bonchev–Trinajstić information content (AvgIpc) is 2.91. The second kappa shape index (κ2) is 12.6. The summed E-state index contributed by atoms with van der Waals surface area (Å²) < 4.78 is 0. The number of aliphatic carboxylic acids is 2. The zero-order chi connectivity index (χ0) is 29.0. The van der Waals surface area contributed by atoms with Crippen molar-refractivity contribution in [3.8, 4) is 0 Å². The van der Waals surface area contributed by atoms with Crippen LogP contribution in [0.15, 0.2) is 71.1 Å². The lowest BCUT2D eigenvalue weighted by Gasteiger charge is -2.36. The van der Waals surface area contributed by atoms with E-state index in [9.17, 15) is 29.4 Å². The minimum atomic E-state index is -1.39. The minimum Gasteiger partial charge on any atom is -0.478 e. The number of carbonyl (C=O) groups is 4. The highest BCUT2D eigenvalue weighted by atomic mass is 35.5. The van der Waals surface area contributed by atoms with E-state index in [1.54, 1.807) is 15.9 Å². The predicted octanol–water partition coefficient (Wildman–Crippen LogP) is 4.07. The summed E-state index contributed by atoms with van der Waals surface area (Å²) >= 11 is 13.0. The summed E-state index contributed by atoms with van der Waals surface area (Å²) in [6.45, 7) is 2.85. The first-order valence-corrected chi connectivity index (χ1v) is 13.5. The van der Waals surface area contributed by atoms with Crippen LogP contribution in [0.3, 0.4) is 0 Å². The van der Waals surface area contributed by atoms with Gasteiger partial charge in [0.15, 0.2) is 0 Å². The lowest BCUT2D eigenvalue weighted by atomic mass is 9.78. The van der Waals surface area contributed by atoms with Gasteiger partial charge >= 0.3 is 11.9 Å². The zero-order valence-corrected chi connectivity index (χ0v) is 23.3. The fourth-order valence-corrected chi connectivity index (χ4v) is 5.79. The molecule has 9 nitrogen and oxygen atoms in total. The molecule has 1 unspecified atom stereocenters. The molecular weight excluding hydrogens is 557 g/mol. The molecule has 40 heavy (non-hydrogen) atoms. The summed E-state index contributed by atoms with van der Waals surface area (Å²) in [5, 5.41) is 24.0. The Morgan fingerprint density at radius 3 is 1.90 bits per heavy atom. The number of carbonyl (C=O) groups excluding carboxylic acids is 2. The molecule has 1 saturated heterocycles. The molecule has 4 rings (SSSR count). The zero-order valence-electron chi connectivity index (χ0n) is 21.8. The fraction of sp³-hybridized carbons (Fsp3) is 0.310. The van der Waals surface area contributed by atoms with Crippen LogP contribution in [0.2, 0.25) is 10.0 Å². The number of allylic oxidation sites excluding steroid dienone is 1. The van der Waals surface area contributed by atoms with Crippen LogP contribution in [-0.4, -0.2) is 69.9 Å². The van der Waals surface area contributed by atoms with Crippen molar-refractivity contribution in [2.24, 2.45) is 0 Å². The topological polar surface area (TPSA) is 127 Å². The number of carboxylic acid groups (broad SMARTS) is 2. The van der Waals surface area contributed by atoms with Crippen LogP contribution in [0.1, 0.15) is 36.8 Å². The maximum absolute atomic E-state index is 13.4. The third kappa shape index (κ3) is 6.32. The maximum atomic E-state index is 13.4. The van der Waals surface area contributed by atoms with E-state index in [-0.39, 0.29) is 62.8 Å². The first-order valence-electron chi connectivity index (χ1n) is 12.8. The van der Waals surface area contributed by atoms with Crippen molar-refractivity contribution in [2.45, 2.75) is 32.1 Å². The highest BCUT2D eigenvalue weighted by Gasteiger charge is 2.41. The Hall–Kier alpha value is -3.82. The summed E-state index contributed by atoms with van der Waals surface area (Å²) in [4.78, 5) is 53.7. The van der Waals surface area contributed by atoms with Crippen LogP contribution < -0.4 is 5.32 Å². The van der Waals surface area contributed by atoms with Crippen molar-refractivity contribution in [2.75, 3.05) is 26.2 Å². The number of halogens is 2. The number of nitrogens with zero attached hydrogens (tertiary/aromatic N) is 2. The monoisotopic (exact) mass is 585 g/mol. The Labute approximate surface area is 241 Å². The van der Waals surface area contributed by atoms with Crippen LogP contribution in [-0.2, 0) is 25.6 Å². The standard InChI is InChI=1S/C29H29Cl2N3O6/c1-17(35)33-12-14-34(15-13-33)23(36)16-22-26(29(39)40)27(24-19(30)8-5-9-20(24)31)25(28(37)38)21(32-22)11-10-18-6-3-2-4-7-18/h2-9,27,32H,10-16H2,1H3,(H,37,38)(H,39,40). The molecule has 2 aliphatic rings. The van der Waals surface area contributed by atoms with Crippen LogP contribution in [0.4, 0.5) is 0 Å². The van der Waals surface area contributed by atoms with Crippen LogP contribution in [0.5, 0.6) is 0 Å². The van der Waals surface area contributed by atoms with Crippen molar-refractivity contribution < 1.29 is 29.4 Å². The van der Waals surface area contributed by atoms with Gasteiger partial charge in [0.2, 0.25) is 11.8 Å². The second-order valence-electron chi connectivity index (χ2n) is 9.64. The number of hydrogen-bond donors (Lipinski definition) is 3. The maximum Gasteiger partial charge on any atom is 0.334 e. The molecule has 0 radical (unpaired) electrons. The Bertz CT molecular complexity index is 1380. The molecule has 0 aliphatic carbocycles. The first kappa shape index (κ1) is 29.2. The van der Waals surface area contributed by atoms with Gasteiger partial charge in [-0.15, -0.1) is 0 Å². The third-order valence-corrected chi connectivity index (χ3v) is 7.85. The van der Waals surface area contributed by atoms with Crippen molar-refractivity contribution >= 4 is 47.0 Å². The summed E-state index contributed by atoms with van der Waals surface area (Å²) in [5.41, 5.74) is 0.996. The fourth-order valence-electron chi connectivity index (χ4n) is 5.17. The Balaban J connectivity index is 1.77. The summed E-state index contributed by atoms with van der Waals surface area (Å²) in [5.74, 6) is -4.44. The molecule has 11 heteroatoms. The van der Waals surface area contributed by atoms with E-state index in [4.69, 9.17) is 23.2 Å². The van der Waals surface area contributed by atoms with E-state index in [1.165, 1.54) is 19.1 Å². The number of aryl methyl sites for hydroxylation is 1. The Morgan fingerprint density at radius 2 is 1.35 bits per heavy atom. The minimum absolute atomic E-state index is 0.0780. The highest BCUT2D eigenvalue weighted by Crippen LogP contribution is 2.45. The van der Waals surface area contributed by atoms with Gasteiger partial charge in [0, 0.05) is 60.1 Å². The molecule has 1 atom stereocenters. The van der Waals surface area contributed by atoms with Gasteiger partial charge in [-0.25, -0.2) is 9.59 Å². The lowest BCUT2D eigenvalue weighted by Crippen LogP contribution is -2.50. The SMILES string of the molecule is CC(=O)N1CCN(C(=O)CC2=C(C(=O)O)C(c3c(Cl)cccc3Cl)C(C(=O)O)=C(CCc3ccccc3)N2)CC1. The summed E-state index contributed by atoms with van der Waals surface area (Å²) in [6.07, 6.45) is 0.410. The molecule has 2 aromatic carbocycles. The predicted molar refractivity (Wildman–Crippen MR) is 150 cm³/mol. The van der Waals surface area contributed by atoms with Crippen molar-refractivity contribution in [1.29, 1.82) is 0 Å². The number of dihydropyridines is 1. The number of piperazine rings is 1. The molecule has 0 spiro atoms. The molecule has 2 aliphatic heterocycles. The Morgan fingerprint density at radius 1 is 0.800 bits per heavy atom. The smallest absolute Gasteiger partial charge is 0.334 e. The van der Waals surface area contributed by atoms with E-state index in [2.05, 4.69) is 5.32 Å². The number of hydrogen-bond acceptors (Lipinski definition) is 5. The molecule has 2 amide bonds. The number of benzene rings is 2. The average molecular weight is 586 g/mol. The highest BCUT2D eigenvalue weighted by molar-refractivity contribution is 6.36. The normalized spacial score (nSPS) is 17.5. The van der Waals surface area contributed by atoms with Crippen molar-refractivity contribution in [3.05, 3.63) is 92.2 Å². The quantitative estimate of drug-likeness (QED) is 0.426. The third-order valence-electron chi connectivity index (χ3n) is 7.19. The summed E-state index contributed by atoms with van der Waals surface area (Å²) in [6, 6.07) is 14.1. The van der Waals surface area contributed by atoms with Crippen LogP contribution >= 0.6 is 23.2 Å². The molecular formula is C29H29Cl2N3O6. The van der Waals surface area contributed by atoms with Gasteiger partial charge in [0.05, 0.1) is 23.5 Å². The lowest BCUT2D eigenvalue weighted by molar-refractivity contribution is -0.138. The van der Waals surface area contributed by atoms with E-state index >= 15 is 0 Å². The first-order chi connectivity index (χ1) is 19.1. The number of rotatable bonds is 8. The van der Waals surface area contributed by atoms with E-state index < -0.39 is 17.9 Å². The van der Waals surface area contributed by atoms with Gasteiger partial charge in [0.1, 0.15) is 0 Å². The molecule has 0 saturated carbocycles. The van der Waals surface area contributed by atoms with Crippen LogP contribution in [0, 0.1) is 0 Å². The second-order valence-corrected chi connectivity index (χ2v) is 10.5. The van der Waals surface area contributed by atoms with Gasteiger partial charge in [-0.05, 0) is 30.5 Å². The molecule has 2 aromatic rings. The van der Waals surface area contributed by atoms with Gasteiger partial charge < -0.3 is 25.3 Å². The molecule has 0 aromatic heterocycles.